The molecule has 41 heavy (non-hydrogen) atoms. The number of para-hydroxylation sites is 3. The predicted molar refractivity (Wildman–Crippen MR) is 157 cm³/mol. The number of amides is 4. The molecule has 1 atom stereocenters. The number of carbonyl (C=O) groups excluding carboxylic acids is 3. The highest BCUT2D eigenvalue weighted by Crippen LogP contribution is 2.60. The number of nitrogens with zero attached hydrogens (tertiary/aromatic N) is 2. The van der Waals surface area contributed by atoms with E-state index >= 15 is 0 Å². The standard InChI is InChI=1S/C33H34N4O4/c38-26-12-10-24(11-13-26)34-32(41)35-29-30(39)36(20-33-17-21-14-22(18-33)16-23(15-21)19-33)27-8-4-5-9-28(27)37(31(29)40)25-6-2-1-3-7-25/h1-13,21-23,29,38H,14-20H2,(H2,34,35,41)/t21?,22?,23?,29-,33?/m0/s1. The third-order valence-electron chi connectivity index (χ3n) is 9.47. The number of aromatic hydroxyl groups is 1. The second kappa shape index (κ2) is 9.94. The smallest absolute Gasteiger partial charge is 0.320 e. The molecule has 3 aromatic rings. The molecular formula is C33H34N4O4. The van der Waals surface area contributed by atoms with Gasteiger partial charge in [-0.2, -0.15) is 0 Å². The number of hydrogen-bond acceptors (Lipinski definition) is 4. The van der Waals surface area contributed by atoms with Crippen molar-refractivity contribution in [3.05, 3.63) is 78.9 Å². The van der Waals surface area contributed by atoms with Crippen molar-refractivity contribution in [3.63, 3.8) is 0 Å². The zero-order valence-electron chi connectivity index (χ0n) is 22.8. The fourth-order valence-corrected chi connectivity index (χ4v) is 8.30. The van der Waals surface area contributed by atoms with E-state index in [2.05, 4.69) is 10.6 Å². The number of anilines is 4. The summed E-state index contributed by atoms with van der Waals surface area (Å²) in [4.78, 5) is 45.2. The van der Waals surface area contributed by atoms with Gasteiger partial charge in [-0.25, -0.2) is 4.79 Å². The van der Waals surface area contributed by atoms with Gasteiger partial charge >= 0.3 is 6.03 Å². The van der Waals surface area contributed by atoms with Crippen molar-refractivity contribution >= 4 is 40.6 Å². The van der Waals surface area contributed by atoms with Crippen LogP contribution in [-0.2, 0) is 9.59 Å². The molecule has 0 unspecified atom stereocenters. The highest BCUT2D eigenvalue weighted by atomic mass is 16.3. The second-order valence-corrected chi connectivity index (χ2v) is 12.4. The molecule has 8 heteroatoms. The van der Waals surface area contributed by atoms with Crippen LogP contribution in [0.3, 0.4) is 0 Å². The molecule has 3 aromatic carbocycles. The summed E-state index contributed by atoms with van der Waals surface area (Å²) in [5.41, 5.74) is 2.41. The molecule has 4 fully saturated rings. The first-order chi connectivity index (χ1) is 19.9. The molecule has 0 saturated heterocycles. The van der Waals surface area contributed by atoms with Crippen LogP contribution in [0, 0.1) is 23.2 Å². The number of hydrogen-bond donors (Lipinski definition) is 3. The first-order valence-corrected chi connectivity index (χ1v) is 14.5. The SMILES string of the molecule is O=C(Nc1ccc(O)cc1)N[C@H]1C(=O)N(CC23CC4CC(CC(C4)C2)C3)c2ccccc2N(c2ccccc2)C1=O. The number of phenols is 1. The topological polar surface area (TPSA) is 102 Å². The monoisotopic (exact) mass is 550 g/mol. The Hall–Kier alpha value is -4.33. The van der Waals surface area contributed by atoms with Crippen LogP contribution < -0.4 is 20.4 Å². The minimum Gasteiger partial charge on any atom is -0.508 e. The van der Waals surface area contributed by atoms with Gasteiger partial charge in [0.15, 0.2) is 6.04 Å². The van der Waals surface area contributed by atoms with E-state index in [-0.39, 0.29) is 11.2 Å². The molecule has 0 spiro atoms. The minimum absolute atomic E-state index is 0.0291. The zero-order valence-corrected chi connectivity index (χ0v) is 22.8. The molecule has 1 aliphatic heterocycles. The van der Waals surface area contributed by atoms with Gasteiger partial charge in [-0.3, -0.25) is 14.5 Å². The average molecular weight is 551 g/mol. The number of carbonyl (C=O) groups is 3. The second-order valence-electron chi connectivity index (χ2n) is 12.4. The summed E-state index contributed by atoms with van der Waals surface area (Å²) in [6.07, 6.45) is 7.23. The van der Waals surface area contributed by atoms with E-state index in [1.165, 1.54) is 31.4 Å². The van der Waals surface area contributed by atoms with Gasteiger partial charge in [0, 0.05) is 17.9 Å². The summed E-state index contributed by atoms with van der Waals surface area (Å²) in [6.45, 7) is 0.542. The Morgan fingerprint density at radius 1 is 0.780 bits per heavy atom. The van der Waals surface area contributed by atoms with E-state index < -0.39 is 23.9 Å². The van der Waals surface area contributed by atoms with Gasteiger partial charge in [0.2, 0.25) is 0 Å². The van der Waals surface area contributed by atoms with Gasteiger partial charge in [-0.1, -0.05) is 30.3 Å². The quantitative estimate of drug-likeness (QED) is 0.276. The zero-order chi connectivity index (χ0) is 28.1. The van der Waals surface area contributed by atoms with Crippen LogP contribution in [-0.4, -0.2) is 35.5 Å². The summed E-state index contributed by atoms with van der Waals surface area (Å²) in [5, 5.41) is 15.0. The molecule has 4 bridgehead atoms. The Morgan fingerprint density at radius 3 is 2.00 bits per heavy atom. The van der Waals surface area contributed by atoms with Gasteiger partial charge < -0.3 is 20.6 Å². The highest BCUT2D eigenvalue weighted by molar-refractivity contribution is 6.24. The fraction of sp³-hybridized carbons (Fsp3) is 0.364. The van der Waals surface area contributed by atoms with Gasteiger partial charge in [-0.15, -0.1) is 0 Å². The molecule has 8 rings (SSSR count). The van der Waals surface area contributed by atoms with Crippen LogP contribution in [0.15, 0.2) is 78.9 Å². The van der Waals surface area contributed by atoms with E-state index in [9.17, 15) is 19.5 Å². The predicted octanol–water partition coefficient (Wildman–Crippen LogP) is 5.81. The van der Waals surface area contributed by atoms with Gasteiger partial charge in [0.25, 0.3) is 11.8 Å². The fourth-order valence-electron chi connectivity index (χ4n) is 8.30. The van der Waals surface area contributed by atoms with Crippen molar-refractivity contribution in [1.82, 2.24) is 5.32 Å². The van der Waals surface area contributed by atoms with Crippen molar-refractivity contribution in [2.45, 2.75) is 44.6 Å². The van der Waals surface area contributed by atoms with E-state index in [0.717, 1.165) is 19.3 Å². The lowest BCUT2D eigenvalue weighted by Crippen LogP contribution is -2.58. The maximum Gasteiger partial charge on any atom is 0.320 e. The van der Waals surface area contributed by atoms with Crippen LogP contribution in [0.25, 0.3) is 0 Å². The van der Waals surface area contributed by atoms with Crippen LogP contribution in [0.4, 0.5) is 27.5 Å². The third-order valence-corrected chi connectivity index (χ3v) is 9.47. The Bertz CT molecular complexity index is 1450. The molecule has 8 nitrogen and oxygen atoms in total. The molecule has 0 radical (unpaired) electrons. The van der Waals surface area contributed by atoms with E-state index in [0.29, 0.717) is 47.0 Å². The van der Waals surface area contributed by atoms with Crippen LogP contribution in [0.5, 0.6) is 5.75 Å². The van der Waals surface area contributed by atoms with Gasteiger partial charge in [-0.05, 0) is 110 Å². The first-order valence-electron chi connectivity index (χ1n) is 14.5. The molecule has 3 N–H and O–H groups in total. The number of phenolic OH excluding ortho intramolecular Hbond substituents is 1. The average Bonchev–Trinajstić information content (AvgIpc) is 3.03. The Kier molecular flexibility index (Phi) is 6.21. The minimum atomic E-state index is -1.42. The molecule has 4 saturated carbocycles. The number of rotatable bonds is 5. The molecular weight excluding hydrogens is 516 g/mol. The maximum absolute atomic E-state index is 14.5. The molecule has 4 aliphatic carbocycles. The van der Waals surface area contributed by atoms with Crippen molar-refractivity contribution < 1.29 is 19.5 Å². The molecule has 4 amide bonds. The van der Waals surface area contributed by atoms with Gasteiger partial charge in [0.05, 0.1) is 11.4 Å². The lowest BCUT2D eigenvalue weighted by molar-refractivity contribution is -0.129. The lowest BCUT2D eigenvalue weighted by atomic mass is 9.49. The van der Waals surface area contributed by atoms with Crippen molar-refractivity contribution in [2.75, 3.05) is 21.7 Å². The first kappa shape index (κ1) is 25.6. The number of benzene rings is 3. The van der Waals surface area contributed by atoms with Crippen LogP contribution in [0.1, 0.15) is 38.5 Å². The Balaban J connectivity index is 1.27. The molecule has 0 aromatic heterocycles. The largest absolute Gasteiger partial charge is 0.508 e. The summed E-state index contributed by atoms with van der Waals surface area (Å²) < 4.78 is 0. The Labute approximate surface area is 239 Å². The van der Waals surface area contributed by atoms with Crippen LogP contribution >= 0.6 is 0 Å². The third kappa shape index (κ3) is 4.71. The normalized spacial score (nSPS) is 28.3. The maximum atomic E-state index is 14.5. The van der Waals surface area contributed by atoms with Gasteiger partial charge in [0.1, 0.15) is 5.75 Å². The summed E-state index contributed by atoms with van der Waals surface area (Å²) >= 11 is 0. The molecule has 5 aliphatic rings. The van der Waals surface area contributed by atoms with Crippen molar-refractivity contribution in [3.8, 4) is 5.75 Å². The number of urea groups is 1. The number of fused-ring (bicyclic) bond motifs is 1. The summed E-state index contributed by atoms with van der Waals surface area (Å²) in [5.74, 6) is 1.28. The Morgan fingerprint density at radius 2 is 1.37 bits per heavy atom. The van der Waals surface area contributed by atoms with E-state index in [4.69, 9.17) is 0 Å². The number of nitrogens with one attached hydrogen (secondary N) is 2. The molecule has 1 heterocycles. The highest BCUT2D eigenvalue weighted by Gasteiger charge is 2.53. The summed E-state index contributed by atoms with van der Waals surface area (Å²) in [7, 11) is 0. The summed E-state index contributed by atoms with van der Waals surface area (Å²) in [6, 6.07) is 20.7. The lowest BCUT2D eigenvalue weighted by Gasteiger charge is -2.57. The van der Waals surface area contributed by atoms with Crippen molar-refractivity contribution in [1.29, 1.82) is 0 Å². The van der Waals surface area contributed by atoms with Crippen molar-refractivity contribution in [2.24, 2.45) is 23.2 Å². The van der Waals surface area contributed by atoms with E-state index in [1.54, 1.807) is 21.9 Å². The molecule has 210 valence electrons. The van der Waals surface area contributed by atoms with Crippen LogP contribution in [0.2, 0.25) is 0 Å². The van der Waals surface area contributed by atoms with E-state index in [1.807, 2.05) is 54.6 Å².